The lowest BCUT2D eigenvalue weighted by atomic mass is 10.00. The summed E-state index contributed by atoms with van der Waals surface area (Å²) < 4.78 is 5.19. The molecule has 0 spiro atoms. The fourth-order valence-electron chi connectivity index (χ4n) is 4.58. The van der Waals surface area contributed by atoms with E-state index < -0.39 is 0 Å². The quantitative estimate of drug-likeness (QED) is 0.700. The van der Waals surface area contributed by atoms with E-state index in [1.807, 2.05) is 40.1 Å². The van der Waals surface area contributed by atoms with Crippen molar-refractivity contribution in [2.24, 2.45) is 0 Å². The standard InChI is InChI=1S/C26H33N3O3/c1-32-24-10-7-21(8-11-24)9-12-25(30)28-15-4-14-27(17-18-28)20-26(31)29-16-13-22-5-2-3-6-23(22)19-29/h2-3,5-8,10-11H,4,9,12-20H2,1H3. The molecule has 6 nitrogen and oxygen atoms in total. The predicted octanol–water partition coefficient (Wildman–Crippen LogP) is 2.75. The molecular weight excluding hydrogens is 402 g/mol. The Balaban J connectivity index is 1.23. The number of aryl methyl sites for hydroxylation is 1. The van der Waals surface area contributed by atoms with E-state index in [-0.39, 0.29) is 11.8 Å². The fourth-order valence-corrected chi connectivity index (χ4v) is 4.58. The molecule has 2 amide bonds. The predicted molar refractivity (Wildman–Crippen MR) is 125 cm³/mol. The van der Waals surface area contributed by atoms with Crippen LogP contribution in [-0.2, 0) is 29.0 Å². The van der Waals surface area contributed by atoms with E-state index in [1.165, 1.54) is 11.1 Å². The van der Waals surface area contributed by atoms with Gasteiger partial charge in [0.05, 0.1) is 13.7 Å². The lowest BCUT2D eigenvalue weighted by molar-refractivity contribution is -0.133. The Kier molecular flexibility index (Phi) is 7.43. The Hall–Kier alpha value is -2.86. The number of hydrogen-bond donors (Lipinski definition) is 0. The first-order valence-corrected chi connectivity index (χ1v) is 11.6. The zero-order valence-electron chi connectivity index (χ0n) is 19.0. The van der Waals surface area contributed by atoms with E-state index in [2.05, 4.69) is 23.1 Å². The van der Waals surface area contributed by atoms with Gasteiger partial charge in [-0.15, -0.1) is 0 Å². The van der Waals surface area contributed by atoms with Crippen LogP contribution >= 0.6 is 0 Å². The highest BCUT2D eigenvalue weighted by atomic mass is 16.5. The average molecular weight is 436 g/mol. The largest absolute Gasteiger partial charge is 0.497 e. The van der Waals surface area contributed by atoms with Gasteiger partial charge in [0.15, 0.2) is 0 Å². The maximum Gasteiger partial charge on any atom is 0.237 e. The van der Waals surface area contributed by atoms with E-state index in [4.69, 9.17) is 4.74 Å². The summed E-state index contributed by atoms with van der Waals surface area (Å²) in [5.74, 6) is 1.22. The summed E-state index contributed by atoms with van der Waals surface area (Å²) in [6.45, 7) is 5.01. The summed E-state index contributed by atoms with van der Waals surface area (Å²) >= 11 is 0. The molecular formula is C26H33N3O3. The minimum atomic E-state index is 0.193. The maximum absolute atomic E-state index is 12.9. The van der Waals surface area contributed by atoms with Gasteiger partial charge in [-0.2, -0.15) is 0 Å². The highest BCUT2D eigenvalue weighted by Crippen LogP contribution is 2.19. The molecule has 1 fully saturated rings. The van der Waals surface area contributed by atoms with Gasteiger partial charge in [0.2, 0.25) is 11.8 Å². The van der Waals surface area contributed by atoms with Crippen molar-refractivity contribution in [1.82, 2.24) is 14.7 Å². The summed E-state index contributed by atoms with van der Waals surface area (Å²) in [6.07, 6.45) is 3.08. The lowest BCUT2D eigenvalue weighted by Gasteiger charge is -2.31. The topological polar surface area (TPSA) is 53.1 Å². The lowest BCUT2D eigenvalue weighted by Crippen LogP contribution is -2.44. The van der Waals surface area contributed by atoms with Crippen molar-refractivity contribution >= 4 is 11.8 Å². The third kappa shape index (κ3) is 5.68. The fraction of sp³-hybridized carbons (Fsp3) is 0.462. The minimum absolute atomic E-state index is 0.193. The maximum atomic E-state index is 12.9. The third-order valence-electron chi connectivity index (χ3n) is 6.57. The monoisotopic (exact) mass is 435 g/mol. The molecule has 0 atom stereocenters. The molecule has 0 radical (unpaired) electrons. The highest BCUT2D eigenvalue weighted by molar-refractivity contribution is 5.79. The molecule has 4 rings (SSSR count). The van der Waals surface area contributed by atoms with Crippen molar-refractivity contribution in [3.8, 4) is 5.75 Å². The van der Waals surface area contributed by atoms with Gasteiger partial charge >= 0.3 is 0 Å². The molecule has 32 heavy (non-hydrogen) atoms. The van der Waals surface area contributed by atoms with Gasteiger partial charge in [0, 0.05) is 45.7 Å². The average Bonchev–Trinajstić information content (AvgIpc) is 3.08. The SMILES string of the molecule is COc1ccc(CCC(=O)N2CCCN(CC(=O)N3CCc4ccccc4C3)CC2)cc1. The summed E-state index contributed by atoms with van der Waals surface area (Å²) in [7, 11) is 1.65. The van der Waals surface area contributed by atoms with Crippen LogP contribution in [0.2, 0.25) is 0 Å². The molecule has 0 unspecified atom stereocenters. The normalized spacial score (nSPS) is 16.9. The minimum Gasteiger partial charge on any atom is -0.497 e. The summed E-state index contributed by atoms with van der Waals surface area (Å²) in [5, 5.41) is 0. The van der Waals surface area contributed by atoms with Crippen LogP contribution in [0.15, 0.2) is 48.5 Å². The Morgan fingerprint density at radius 3 is 2.41 bits per heavy atom. The van der Waals surface area contributed by atoms with Crippen LogP contribution in [0.5, 0.6) is 5.75 Å². The molecule has 1 saturated heterocycles. The van der Waals surface area contributed by atoms with E-state index >= 15 is 0 Å². The molecule has 2 aliphatic rings. The number of methoxy groups -OCH3 is 1. The van der Waals surface area contributed by atoms with Crippen LogP contribution in [0, 0.1) is 0 Å². The van der Waals surface area contributed by atoms with E-state index in [0.717, 1.165) is 56.8 Å². The molecule has 0 aliphatic carbocycles. The van der Waals surface area contributed by atoms with Crippen LogP contribution in [0.3, 0.4) is 0 Å². The number of benzene rings is 2. The molecule has 2 aromatic carbocycles. The van der Waals surface area contributed by atoms with E-state index in [0.29, 0.717) is 26.1 Å². The van der Waals surface area contributed by atoms with Gasteiger partial charge in [-0.05, 0) is 48.1 Å². The van der Waals surface area contributed by atoms with Gasteiger partial charge in [0.1, 0.15) is 5.75 Å². The number of amides is 2. The second-order valence-electron chi connectivity index (χ2n) is 8.69. The second kappa shape index (κ2) is 10.6. The number of carbonyl (C=O) groups excluding carboxylic acids is 2. The Labute approximate surface area is 190 Å². The van der Waals surface area contributed by atoms with Gasteiger partial charge in [-0.1, -0.05) is 36.4 Å². The Morgan fingerprint density at radius 1 is 0.844 bits per heavy atom. The van der Waals surface area contributed by atoms with Crippen LogP contribution in [0.25, 0.3) is 0 Å². The summed E-state index contributed by atoms with van der Waals surface area (Å²) in [6, 6.07) is 16.3. The number of ether oxygens (including phenoxy) is 1. The zero-order valence-corrected chi connectivity index (χ0v) is 19.0. The molecule has 2 aromatic rings. The smallest absolute Gasteiger partial charge is 0.237 e. The van der Waals surface area contributed by atoms with Crippen LogP contribution in [0.1, 0.15) is 29.5 Å². The molecule has 0 bridgehead atoms. The second-order valence-corrected chi connectivity index (χ2v) is 8.69. The molecule has 0 aromatic heterocycles. The number of rotatable bonds is 6. The van der Waals surface area contributed by atoms with Crippen molar-refractivity contribution < 1.29 is 14.3 Å². The molecule has 2 heterocycles. The summed E-state index contributed by atoms with van der Waals surface area (Å²) in [4.78, 5) is 31.8. The van der Waals surface area contributed by atoms with Crippen LogP contribution in [-0.4, -0.2) is 72.9 Å². The molecule has 2 aliphatic heterocycles. The van der Waals surface area contributed by atoms with E-state index in [1.54, 1.807) is 7.11 Å². The van der Waals surface area contributed by atoms with Crippen LogP contribution < -0.4 is 4.74 Å². The molecule has 170 valence electrons. The van der Waals surface area contributed by atoms with Gasteiger partial charge in [0.25, 0.3) is 0 Å². The molecule has 6 heteroatoms. The molecule has 0 saturated carbocycles. The van der Waals surface area contributed by atoms with Crippen LogP contribution in [0.4, 0.5) is 0 Å². The molecule has 0 N–H and O–H groups in total. The van der Waals surface area contributed by atoms with Crippen molar-refractivity contribution in [2.45, 2.75) is 32.2 Å². The van der Waals surface area contributed by atoms with Crippen molar-refractivity contribution in [3.63, 3.8) is 0 Å². The first-order valence-electron chi connectivity index (χ1n) is 11.6. The first-order chi connectivity index (χ1) is 15.6. The van der Waals surface area contributed by atoms with Crippen molar-refractivity contribution in [1.29, 1.82) is 0 Å². The van der Waals surface area contributed by atoms with Gasteiger partial charge in [-0.3, -0.25) is 14.5 Å². The third-order valence-corrected chi connectivity index (χ3v) is 6.57. The summed E-state index contributed by atoms with van der Waals surface area (Å²) in [5.41, 5.74) is 3.76. The zero-order chi connectivity index (χ0) is 22.3. The number of carbonyl (C=O) groups is 2. The number of fused-ring (bicyclic) bond motifs is 1. The number of hydrogen-bond acceptors (Lipinski definition) is 4. The Bertz CT molecular complexity index is 928. The van der Waals surface area contributed by atoms with Crippen molar-refractivity contribution in [3.05, 3.63) is 65.2 Å². The van der Waals surface area contributed by atoms with E-state index in [9.17, 15) is 9.59 Å². The van der Waals surface area contributed by atoms with Crippen molar-refractivity contribution in [2.75, 3.05) is 46.4 Å². The van der Waals surface area contributed by atoms with Gasteiger partial charge < -0.3 is 14.5 Å². The Morgan fingerprint density at radius 2 is 1.62 bits per heavy atom. The van der Waals surface area contributed by atoms with Gasteiger partial charge in [-0.25, -0.2) is 0 Å². The highest BCUT2D eigenvalue weighted by Gasteiger charge is 2.24. The number of nitrogens with zero attached hydrogens (tertiary/aromatic N) is 3. The first kappa shape index (κ1) is 22.3.